The van der Waals surface area contributed by atoms with Gasteiger partial charge in [-0.2, -0.15) is 9.11 Å². The summed E-state index contributed by atoms with van der Waals surface area (Å²) in [5.74, 6) is -1.33. The minimum atomic E-state index is -4.03. The van der Waals surface area contributed by atoms with Crippen LogP contribution in [0.25, 0.3) is 0 Å². The Bertz CT molecular complexity index is 1260. The van der Waals surface area contributed by atoms with Crippen molar-refractivity contribution in [3.8, 4) is 0 Å². The maximum absolute atomic E-state index is 13.2. The molecule has 0 saturated carbocycles. The molecule has 33 heavy (non-hydrogen) atoms. The van der Waals surface area contributed by atoms with E-state index in [1.807, 2.05) is 20.8 Å². The number of rotatable bonds is 7. The number of carbonyl (C=O) groups excluding carboxylic acids is 1. The number of nitrogens with one attached hydrogen (secondary N) is 1. The molecule has 0 fully saturated rings. The first-order valence-electron chi connectivity index (χ1n) is 9.90. The Hall–Kier alpha value is -2.72. The molecule has 10 heteroatoms. The molecule has 0 aliphatic rings. The van der Waals surface area contributed by atoms with E-state index in [-0.39, 0.29) is 32.2 Å². The van der Waals surface area contributed by atoms with E-state index in [1.165, 1.54) is 37.6 Å². The molecule has 0 amide bonds. The fourth-order valence-electron chi connectivity index (χ4n) is 3.07. The summed E-state index contributed by atoms with van der Waals surface area (Å²) in [6, 6.07) is 10.2. The second kappa shape index (κ2) is 9.64. The molecule has 1 aromatic carbocycles. The summed E-state index contributed by atoms with van der Waals surface area (Å²) in [7, 11) is -2.74. The number of ether oxygens (including phenoxy) is 1. The number of nitrogens with zero attached hydrogens (tertiary/aromatic N) is 2. The van der Waals surface area contributed by atoms with E-state index in [2.05, 4.69) is 14.7 Å². The molecule has 0 bridgehead atoms. The monoisotopic (exact) mass is 491 g/mol. The lowest BCUT2D eigenvalue weighted by Crippen LogP contribution is -2.31. The molecule has 174 valence electrons. The molecular formula is C23H23ClFN3O4S. The Morgan fingerprint density at radius 3 is 2.30 bits per heavy atom. The van der Waals surface area contributed by atoms with Crippen LogP contribution in [0.1, 0.15) is 54.2 Å². The molecule has 0 saturated heterocycles. The van der Waals surface area contributed by atoms with E-state index in [4.69, 9.17) is 16.3 Å². The van der Waals surface area contributed by atoms with Crippen molar-refractivity contribution in [2.45, 2.75) is 37.3 Å². The fraction of sp³-hybridized carbons (Fsp3) is 0.261. The van der Waals surface area contributed by atoms with E-state index in [9.17, 15) is 17.6 Å². The van der Waals surface area contributed by atoms with Crippen molar-refractivity contribution in [2.24, 2.45) is 0 Å². The van der Waals surface area contributed by atoms with Crippen LogP contribution in [-0.4, -0.2) is 31.3 Å². The zero-order chi connectivity index (χ0) is 24.4. The number of sulfonamides is 1. The van der Waals surface area contributed by atoms with Crippen molar-refractivity contribution in [2.75, 3.05) is 7.11 Å². The van der Waals surface area contributed by atoms with Gasteiger partial charge in [-0.05, 0) is 41.3 Å². The van der Waals surface area contributed by atoms with E-state index >= 15 is 0 Å². The quantitative estimate of drug-likeness (QED) is 0.298. The van der Waals surface area contributed by atoms with Crippen LogP contribution in [0.2, 0.25) is 5.02 Å². The van der Waals surface area contributed by atoms with Crippen molar-refractivity contribution < 1.29 is 22.3 Å². The predicted octanol–water partition coefficient (Wildman–Crippen LogP) is 4.42. The number of pyridine rings is 2. The second-order valence-corrected chi connectivity index (χ2v) is 10.5. The molecule has 7 nitrogen and oxygen atoms in total. The first kappa shape index (κ1) is 24.9. The zero-order valence-electron chi connectivity index (χ0n) is 18.5. The standard InChI is InChI=1S/C23H23ClFN3O4S/c1-23(2,3)15-6-8-17(9-7-15)33(30,31)28-22(32-4)18-11-16(24)13-27-20(18)21(29)14-5-10-19(25)26-12-14/h5-13,22,28H,1-4H3. The molecule has 1 N–H and O–H groups in total. The van der Waals surface area contributed by atoms with Crippen LogP contribution in [0.15, 0.2) is 59.8 Å². The number of halogens is 2. The molecule has 3 aromatic rings. The van der Waals surface area contributed by atoms with Gasteiger partial charge in [0.05, 0.1) is 9.92 Å². The van der Waals surface area contributed by atoms with Crippen LogP contribution in [0.5, 0.6) is 0 Å². The molecule has 0 spiro atoms. The van der Waals surface area contributed by atoms with Crippen LogP contribution < -0.4 is 4.72 Å². The highest BCUT2D eigenvalue weighted by Crippen LogP contribution is 2.27. The molecule has 2 heterocycles. The van der Waals surface area contributed by atoms with Gasteiger partial charge in [0.25, 0.3) is 0 Å². The van der Waals surface area contributed by atoms with Crippen molar-refractivity contribution >= 4 is 27.4 Å². The van der Waals surface area contributed by atoms with Gasteiger partial charge in [-0.3, -0.25) is 9.78 Å². The summed E-state index contributed by atoms with van der Waals surface area (Å²) in [5.41, 5.74) is 0.911. The van der Waals surface area contributed by atoms with Gasteiger partial charge in [-0.1, -0.05) is 44.5 Å². The van der Waals surface area contributed by atoms with Crippen LogP contribution in [-0.2, 0) is 20.2 Å². The molecule has 3 rings (SSSR count). The predicted molar refractivity (Wildman–Crippen MR) is 122 cm³/mol. The number of aromatic nitrogens is 2. The summed E-state index contributed by atoms with van der Waals surface area (Å²) in [5, 5.41) is 0.176. The van der Waals surface area contributed by atoms with Crippen LogP contribution >= 0.6 is 11.6 Å². The van der Waals surface area contributed by atoms with Crippen LogP contribution in [0.3, 0.4) is 0 Å². The van der Waals surface area contributed by atoms with Crippen molar-refractivity contribution in [3.63, 3.8) is 0 Å². The molecular weight excluding hydrogens is 469 g/mol. The van der Waals surface area contributed by atoms with E-state index < -0.39 is 28.0 Å². The fourth-order valence-corrected chi connectivity index (χ4v) is 4.37. The molecule has 1 unspecified atom stereocenters. The number of hydrogen-bond donors (Lipinski definition) is 1. The third-order valence-electron chi connectivity index (χ3n) is 4.90. The number of ketones is 1. The lowest BCUT2D eigenvalue weighted by atomic mass is 9.87. The lowest BCUT2D eigenvalue weighted by Gasteiger charge is -2.21. The summed E-state index contributed by atoms with van der Waals surface area (Å²) >= 11 is 6.07. The topological polar surface area (TPSA) is 98.2 Å². The van der Waals surface area contributed by atoms with Gasteiger partial charge < -0.3 is 4.74 Å². The first-order chi connectivity index (χ1) is 15.4. The molecule has 0 aliphatic carbocycles. The highest BCUT2D eigenvalue weighted by molar-refractivity contribution is 7.89. The Kier molecular flexibility index (Phi) is 7.28. The third-order valence-corrected chi connectivity index (χ3v) is 6.52. The maximum Gasteiger partial charge on any atom is 0.242 e. The maximum atomic E-state index is 13.2. The Balaban J connectivity index is 1.96. The summed E-state index contributed by atoms with van der Waals surface area (Å²) in [4.78, 5) is 20.6. The highest BCUT2D eigenvalue weighted by Gasteiger charge is 2.27. The summed E-state index contributed by atoms with van der Waals surface area (Å²) < 4.78 is 47.0. The normalized spacial score (nSPS) is 13.0. The number of hydrogen-bond acceptors (Lipinski definition) is 6. The number of carbonyl (C=O) groups is 1. The van der Waals surface area contributed by atoms with Crippen LogP contribution in [0.4, 0.5) is 4.39 Å². The summed E-state index contributed by atoms with van der Waals surface area (Å²) in [6.07, 6.45) is 1.05. The Labute approximate surface area is 197 Å². The SMILES string of the molecule is COC(NS(=O)(=O)c1ccc(C(C)(C)C)cc1)c1cc(Cl)cnc1C(=O)c1ccc(F)nc1. The zero-order valence-corrected chi connectivity index (χ0v) is 20.0. The summed E-state index contributed by atoms with van der Waals surface area (Å²) in [6.45, 7) is 6.07. The van der Waals surface area contributed by atoms with Gasteiger partial charge in [-0.25, -0.2) is 13.4 Å². The Morgan fingerprint density at radius 2 is 1.76 bits per heavy atom. The second-order valence-electron chi connectivity index (χ2n) is 8.30. The van der Waals surface area contributed by atoms with Crippen LogP contribution in [0, 0.1) is 5.95 Å². The average Bonchev–Trinajstić information content (AvgIpc) is 2.77. The van der Waals surface area contributed by atoms with Crippen molar-refractivity contribution in [3.05, 3.63) is 88.2 Å². The number of methoxy groups -OCH3 is 1. The molecule has 1 atom stereocenters. The molecule has 0 radical (unpaired) electrons. The average molecular weight is 492 g/mol. The van der Waals surface area contributed by atoms with Crippen molar-refractivity contribution in [1.29, 1.82) is 0 Å². The lowest BCUT2D eigenvalue weighted by molar-refractivity contribution is 0.0896. The van der Waals surface area contributed by atoms with Gasteiger partial charge >= 0.3 is 0 Å². The minimum absolute atomic E-state index is 0.0307. The molecule has 2 aromatic heterocycles. The Morgan fingerprint density at radius 1 is 1.09 bits per heavy atom. The van der Waals surface area contributed by atoms with Gasteiger partial charge in [0.1, 0.15) is 11.9 Å². The molecule has 0 aliphatic heterocycles. The largest absolute Gasteiger partial charge is 0.361 e. The number of benzene rings is 1. The van der Waals surface area contributed by atoms with Crippen molar-refractivity contribution in [1.82, 2.24) is 14.7 Å². The highest BCUT2D eigenvalue weighted by atomic mass is 35.5. The van der Waals surface area contributed by atoms with E-state index in [0.29, 0.717) is 0 Å². The van der Waals surface area contributed by atoms with Gasteiger partial charge in [0, 0.05) is 30.6 Å². The van der Waals surface area contributed by atoms with E-state index in [1.54, 1.807) is 12.1 Å². The van der Waals surface area contributed by atoms with Gasteiger partial charge in [0.15, 0.2) is 0 Å². The third kappa shape index (κ3) is 5.80. The first-order valence-corrected chi connectivity index (χ1v) is 11.8. The smallest absolute Gasteiger partial charge is 0.242 e. The van der Waals surface area contributed by atoms with E-state index in [0.717, 1.165) is 17.8 Å². The minimum Gasteiger partial charge on any atom is -0.361 e. The van der Waals surface area contributed by atoms with Gasteiger partial charge in [-0.15, -0.1) is 0 Å². The van der Waals surface area contributed by atoms with Gasteiger partial charge in [0.2, 0.25) is 21.8 Å².